The van der Waals surface area contributed by atoms with Crippen molar-refractivity contribution in [2.24, 2.45) is 0 Å². The molecular formula is C19H18ClN3O2. The lowest BCUT2D eigenvalue weighted by Crippen LogP contribution is -2.39. The van der Waals surface area contributed by atoms with Crippen LogP contribution in [0.5, 0.6) is 0 Å². The van der Waals surface area contributed by atoms with Crippen LogP contribution >= 0.6 is 11.6 Å². The summed E-state index contributed by atoms with van der Waals surface area (Å²) in [4.78, 5) is 26.2. The summed E-state index contributed by atoms with van der Waals surface area (Å²) in [6.07, 6.45) is 3.15. The molecule has 0 aliphatic carbocycles. The van der Waals surface area contributed by atoms with E-state index in [9.17, 15) is 9.59 Å². The first-order chi connectivity index (χ1) is 12.1. The number of anilines is 3. The van der Waals surface area contributed by atoms with Crippen molar-refractivity contribution in [2.75, 3.05) is 22.1 Å². The number of hydrogen-bond acceptors (Lipinski definition) is 2. The van der Waals surface area contributed by atoms with Crippen molar-refractivity contribution in [2.45, 2.75) is 25.7 Å². The smallest absolute Gasteiger partial charge is 0.312 e. The summed E-state index contributed by atoms with van der Waals surface area (Å²) in [5, 5.41) is 6.31. The normalized spacial score (nSPS) is 15.6. The average Bonchev–Trinajstić information content (AvgIpc) is 2.60. The van der Waals surface area contributed by atoms with Crippen LogP contribution in [0.1, 0.15) is 24.0 Å². The molecule has 0 unspecified atom stereocenters. The van der Waals surface area contributed by atoms with Gasteiger partial charge in [0.1, 0.15) is 0 Å². The van der Waals surface area contributed by atoms with E-state index >= 15 is 0 Å². The number of carbonyl (C=O) groups is 2. The Morgan fingerprint density at radius 1 is 0.960 bits per heavy atom. The zero-order valence-electron chi connectivity index (χ0n) is 13.6. The Labute approximate surface area is 151 Å². The molecule has 4 rings (SSSR count). The van der Waals surface area contributed by atoms with Gasteiger partial charge in [-0.15, -0.1) is 0 Å². The van der Waals surface area contributed by atoms with Gasteiger partial charge in [0.25, 0.3) is 0 Å². The molecule has 2 aliphatic rings. The number of benzene rings is 2. The van der Waals surface area contributed by atoms with Crippen LogP contribution in [0.4, 0.5) is 21.9 Å². The third-order valence-electron chi connectivity index (χ3n) is 4.63. The molecule has 0 saturated heterocycles. The molecule has 2 N–H and O–H groups in total. The van der Waals surface area contributed by atoms with Crippen molar-refractivity contribution in [1.82, 2.24) is 0 Å². The zero-order chi connectivity index (χ0) is 17.4. The fraction of sp³-hybridized carbons (Fsp3) is 0.263. The number of aryl methyl sites for hydroxylation is 2. The molecule has 0 saturated carbocycles. The monoisotopic (exact) mass is 355 g/mol. The molecule has 0 fully saturated rings. The highest BCUT2D eigenvalue weighted by atomic mass is 35.5. The van der Waals surface area contributed by atoms with Gasteiger partial charge in [0, 0.05) is 29.4 Å². The molecule has 2 heterocycles. The first-order valence-corrected chi connectivity index (χ1v) is 8.78. The Morgan fingerprint density at radius 3 is 2.40 bits per heavy atom. The van der Waals surface area contributed by atoms with Crippen molar-refractivity contribution in [1.29, 1.82) is 0 Å². The molecule has 0 atom stereocenters. The highest BCUT2D eigenvalue weighted by molar-refractivity contribution is 6.30. The number of urea groups is 1. The van der Waals surface area contributed by atoms with Crippen LogP contribution in [0.2, 0.25) is 5.02 Å². The molecule has 5 nitrogen and oxygen atoms in total. The fourth-order valence-corrected chi connectivity index (χ4v) is 3.68. The summed E-state index contributed by atoms with van der Waals surface area (Å²) in [7, 11) is 0. The van der Waals surface area contributed by atoms with Crippen LogP contribution in [0, 0.1) is 0 Å². The van der Waals surface area contributed by atoms with Gasteiger partial charge in [-0.05, 0) is 66.8 Å². The third kappa shape index (κ3) is 3.20. The molecule has 128 valence electrons. The molecule has 0 spiro atoms. The first-order valence-electron chi connectivity index (χ1n) is 8.40. The van der Waals surface area contributed by atoms with Gasteiger partial charge in [-0.2, -0.15) is 0 Å². The Hall–Kier alpha value is -2.53. The first kappa shape index (κ1) is 16.0. The zero-order valence-corrected chi connectivity index (χ0v) is 14.4. The molecule has 0 bridgehead atoms. The molecule has 6 heteroatoms. The second-order valence-electron chi connectivity index (χ2n) is 6.38. The fourth-order valence-electron chi connectivity index (χ4n) is 3.55. The van der Waals surface area contributed by atoms with Crippen LogP contribution in [-0.2, 0) is 17.6 Å². The van der Waals surface area contributed by atoms with E-state index < -0.39 is 0 Å². The van der Waals surface area contributed by atoms with E-state index in [1.807, 2.05) is 17.0 Å². The minimum absolute atomic E-state index is 0.203. The minimum Gasteiger partial charge on any atom is -0.312 e. The predicted octanol–water partition coefficient (Wildman–Crippen LogP) is 4.21. The molecule has 0 radical (unpaired) electrons. The molecule has 25 heavy (non-hydrogen) atoms. The summed E-state index contributed by atoms with van der Waals surface area (Å²) < 4.78 is 0. The molecule has 3 amide bonds. The topological polar surface area (TPSA) is 61.4 Å². The second kappa shape index (κ2) is 6.41. The lowest BCUT2D eigenvalue weighted by Gasteiger charge is -2.35. The summed E-state index contributed by atoms with van der Waals surface area (Å²) in [6, 6.07) is 10.6. The number of rotatable bonds is 2. The van der Waals surface area contributed by atoms with E-state index in [4.69, 9.17) is 11.6 Å². The SMILES string of the molecule is O=C(Nc1ccc(Cl)cc1)Nc1cc2c3c(c1)CCC(=O)N3CCC2. The number of amides is 3. The van der Waals surface area contributed by atoms with Crippen molar-refractivity contribution in [3.8, 4) is 0 Å². The quantitative estimate of drug-likeness (QED) is 0.847. The highest BCUT2D eigenvalue weighted by Crippen LogP contribution is 2.37. The molecule has 0 aromatic heterocycles. The lowest BCUT2D eigenvalue weighted by atomic mass is 9.91. The summed E-state index contributed by atoms with van der Waals surface area (Å²) in [5.74, 6) is 0.203. The van der Waals surface area contributed by atoms with Crippen molar-refractivity contribution in [3.63, 3.8) is 0 Å². The Morgan fingerprint density at radius 2 is 1.64 bits per heavy atom. The maximum Gasteiger partial charge on any atom is 0.323 e. The van der Waals surface area contributed by atoms with Crippen LogP contribution in [0.25, 0.3) is 0 Å². The number of halogens is 1. The van der Waals surface area contributed by atoms with Gasteiger partial charge in [0.15, 0.2) is 0 Å². The molecule has 2 aromatic carbocycles. The summed E-state index contributed by atoms with van der Waals surface area (Å²) in [5.41, 5.74) is 4.78. The number of nitrogens with one attached hydrogen (secondary N) is 2. The van der Waals surface area contributed by atoms with E-state index in [1.165, 1.54) is 0 Å². The van der Waals surface area contributed by atoms with E-state index in [0.717, 1.165) is 48.3 Å². The Bertz CT molecular complexity index is 831. The van der Waals surface area contributed by atoms with Gasteiger partial charge in [-0.1, -0.05) is 11.6 Å². The standard InChI is InChI=1S/C19H18ClN3O2/c20-14-4-6-15(7-5-14)21-19(25)22-16-10-12-2-1-9-23-17(24)8-3-13(11-16)18(12)23/h4-7,10-11H,1-3,8-9H2,(H2,21,22,25). The minimum atomic E-state index is -0.297. The number of carbonyl (C=O) groups excluding carboxylic acids is 2. The highest BCUT2D eigenvalue weighted by Gasteiger charge is 2.29. The maximum atomic E-state index is 12.2. The van der Waals surface area contributed by atoms with E-state index in [1.54, 1.807) is 24.3 Å². The largest absolute Gasteiger partial charge is 0.323 e. The van der Waals surface area contributed by atoms with Gasteiger partial charge in [-0.3, -0.25) is 4.79 Å². The van der Waals surface area contributed by atoms with Crippen LogP contribution in [0.15, 0.2) is 36.4 Å². The maximum absolute atomic E-state index is 12.2. The second-order valence-corrected chi connectivity index (χ2v) is 6.81. The van der Waals surface area contributed by atoms with Gasteiger partial charge < -0.3 is 15.5 Å². The molecule has 2 aliphatic heterocycles. The van der Waals surface area contributed by atoms with Crippen LogP contribution < -0.4 is 15.5 Å². The predicted molar refractivity (Wildman–Crippen MR) is 99.5 cm³/mol. The average molecular weight is 356 g/mol. The van der Waals surface area contributed by atoms with Crippen molar-refractivity contribution < 1.29 is 9.59 Å². The summed E-state index contributed by atoms with van der Waals surface area (Å²) >= 11 is 5.85. The molecule has 2 aromatic rings. The van der Waals surface area contributed by atoms with Gasteiger partial charge in [0.2, 0.25) is 5.91 Å². The van der Waals surface area contributed by atoms with E-state index in [-0.39, 0.29) is 11.9 Å². The van der Waals surface area contributed by atoms with E-state index in [2.05, 4.69) is 10.6 Å². The third-order valence-corrected chi connectivity index (χ3v) is 4.89. The van der Waals surface area contributed by atoms with Gasteiger partial charge in [-0.25, -0.2) is 4.79 Å². The van der Waals surface area contributed by atoms with Gasteiger partial charge >= 0.3 is 6.03 Å². The van der Waals surface area contributed by atoms with Crippen molar-refractivity contribution in [3.05, 3.63) is 52.5 Å². The number of nitrogens with zero attached hydrogens (tertiary/aromatic N) is 1. The van der Waals surface area contributed by atoms with E-state index in [0.29, 0.717) is 17.1 Å². The van der Waals surface area contributed by atoms with Gasteiger partial charge in [0.05, 0.1) is 5.69 Å². The van der Waals surface area contributed by atoms with Crippen LogP contribution in [-0.4, -0.2) is 18.5 Å². The van der Waals surface area contributed by atoms with Crippen molar-refractivity contribution >= 4 is 40.6 Å². The van der Waals surface area contributed by atoms with Crippen LogP contribution in [0.3, 0.4) is 0 Å². The Kier molecular flexibility index (Phi) is 4.09. The Balaban J connectivity index is 1.54. The summed E-state index contributed by atoms with van der Waals surface area (Å²) in [6.45, 7) is 0.794. The number of hydrogen-bond donors (Lipinski definition) is 2. The molecular weight excluding hydrogens is 338 g/mol. The lowest BCUT2D eigenvalue weighted by molar-refractivity contribution is -0.119.